The van der Waals surface area contributed by atoms with Crippen molar-refractivity contribution in [2.45, 2.75) is 26.3 Å². The van der Waals surface area contributed by atoms with Crippen LogP contribution in [0.1, 0.15) is 19.8 Å². The molecule has 0 radical (unpaired) electrons. The maximum absolute atomic E-state index is 2.61. The van der Waals surface area contributed by atoms with E-state index in [9.17, 15) is 0 Å². The lowest BCUT2D eigenvalue weighted by Crippen LogP contribution is -2.00. The molecule has 0 spiro atoms. The number of fused-ring (bicyclic) bond motifs is 3. The van der Waals surface area contributed by atoms with Crippen LogP contribution in [-0.2, 0) is 6.54 Å². The van der Waals surface area contributed by atoms with Crippen LogP contribution in [0.4, 0.5) is 0 Å². The molecule has 0 aliphatic heterocycles. The van der Waals surface area contributed by atoms with Crippen molar-refractivity contribution < 1.29 is 0 Å². The Kier molecular flexibility index (Phi) is 6.70. The molecule has 7 aromatic rings. The number of hydrogen-bond donors (Lipinski definition) is 0. The van der Waals surface area contributed by atoms with Gasteiger partial charge in [-0.25, -0.2) is 0 Å². The minimum absolute atomic E-state index is 0.978. The van der Waals surface area contributed by atoms with Crippen molar-refractivity contribution in [3.63, 3.8) is 0 Å². The predicted molar refractivity (Wildman–Crippen MR) is 176 cm³/mol. The Morgan fingerprint density at radius 1 is 0.415 bits per heavy atom. The standard InChI is InChI=1S/C40H33N/c1-2-3-24-41-39-35(31-20-12-6-13-21-31)25-33(29-16-8-4-9-17-29)27-37(39)38-28-34(30-18-10-5-11-19-30)26-36(40(38)41)32-22-14-7-15-23-32/h4-23,25-28H,2-3,24H2,1H3. The minimum atomic E-state index is 0.978. The molecule has 0 aliphatic rings. The lowest BCUT2D eigenvalue weighted by atomic mass is 9.93. The van der Waals surface area contributed by atoms with Crippen LogP contribution in [-0.4, -0.2) is 4.57 Å². The zero-order valence-electron chi connectivity index (χ0n) is 23.4. The fourth-order valence-corrected chi connectivity index (χ4v) is 6.18. The average molecular weight is 528 g/mol. The van der Waals surface area contributed by atoms with Gasteiger partial charge < -0.3 is 4.57 Å². The van der Waals surface area contributed by atoms with Gasteiger partial charge in [-0.1, -0.05) is 135 Å². The molecule has 6 aromatic carbocycles. The fourth-order valence-electron chi connectivity index (χ4n) is 6.18. The third kappa shape index (κ3) is 4.64. The monoisotopic (exact) mass is 527 g/mol. The molecule has 0 saturated heterocycles. The smallest absolute Gasteiger partial charge is 0.0571 e. The number of unbranched alkanes of at least 4 members (excludes halogenated alkanes) is 1. The average Bonchev–Trinajstić information content (AvgIpc) is 3.37. The zero-order chi connectivity index (χ0) is 27.6. The highest BCUT2D eigenvalue weighted by Gasteiger charge is 2.21. The highest BCUT2D eigenvalue weighted by Crippen LogP contribution is 2.44. The van der Waals surface area contributed by atoms with Crippen LogP contribution in [0, 0.1) is 0 Å². The van der Waals surface area contributed by atoms with Gasteiger partial charge in [0.15, 0.2) is 0 Å². The summed E-state index contributed by atoms with van der Waals surface area (Å²) in [5.41, 5.74) is 12.7. The number of aryl methyl sites for hydroxylation is 1. The summed E-state index contributed by atoms with van der Waals surface area (Å²) in [5.74, 6) is 0. The quantitative estimate of drug-likeness (QED) is 0.194. The van der Waals surface area contributed by atoms with Gasteiger partial charge >= 0.3 is 0 Å². The first-order chi connectivity index (χ1) is 20.3. The van der Waals surface area contributed by atoms with Gasteiger partial charge in [-0.05, 0) is 64.1 Å². The van der Waals surface area contributed by atoms with E-state index >= 15 is 0 Å². The van der Waals surface area contributed by atoms with Gasteiger partial charge in [0.1, 0.15) is 0 Å². The Morgan fingerprint density at radius 3 is 1.15 bits per heavy atom. The summed E-state index contributed by atoms with van der Waals surface area (Å²) in [6.45, 7) is 3.26. The molecule has 0 saturated carbocycles. The molecule has 0 bridgehead atoms. The maximum atomic E-state index is 2.61. The van der Waals surface area contributed by atoms with Crippen molar-refractivity contribution in [3.05, 3.63) is 146 Å². The molecule has 7 rings (SSSR count). The Hall–Kier alpha value is -4.88. The van der Waals surface area contributed by atoms with E-state index in [1.54, 1.807) is 0 Å². The molecule has 198 valence electrons. The SMILES string of the molecule is CCCCn1c2c(-c3ccccc3)cc(-c3ccccc3)cc2c2cc(-c3ccccc3)cc(-c3ccccc3)c21. The molecule has 1 aromatic heterocycles. The fraction of sp³-hybridized carbons (Fsp3) is 0.100. The first kappa shape index (κ1) is 25.1. The normalized spacial score (nSPS) is 11.3. The molecular weight excluding hydrogens is 494 g/mol. The van der Waals surface area contributed by atoms with Gasteiger partial charge in [0, 0.05) is 28.4 Å². The first-order valence-electron chi connectivity index (χ1n) is 14.7. The van der Waals surface area contributed by atoms with E-state index < -0.39 is 0 Å². The topological polar surface area (TPSA) is 4.93 Å². The molecule has 1 heterocycles. The summed E-state index contributed by atoms with van der Waals surface area (Å²) in [4.78, 5) is 0. The maximum Gasteiger partial charge on any atom is 0.0571 e. The van der Waals surface area contributed by atoms with E-state index in [1.165, 1.54) is 66.3 Å². The summed E-state index contributed by atoms with van der Waals surface area (Å²) in [7, 11) is 0. The largest absolute Gasteiger partial charge is 0.339 e. The van der Waals surface area contributed by atoms with Crippen molar-refractivity contribution >= 4 is 21.8 Å². The van der Waals surface area contributed by atoms with E-state index in [2.05, 4.69) is 157 Å². The second-order valence-corrected chi connectivity index (χ2v) is 10.8. The van der Waals surface area contributed by atoms with Gasteiger partial charge in [-0.2, -0.15) is 0 Å². The van der Waals surface area contributed by atoms with Crippen LogP contribution in [0.3, 0.4) is 0 Å². The molecule has 0 aliphatic carbocycles. The van der Waals surface area contributed by atoms with Gasteiger partial charge in [-0.3, -0.25) is 0 Å². The Morgan fingerprint density at radius 2 is 0.780 bits per heavy atom. The van der Waals surface area contributed by atoms with Crippen LogP contribution in [0.25, 0.3) is 66.3 Å². The second-order valence-electron chi connectivity index (χ2n) is 10.8. The molecule has 0 N–H and O–H groups in total. The third-order valence-electron chi connectivity index (χ3n) is 8.17. The highest BCUT2D eigenvalue weighted by atomic mass is 15.0. The van der Waals surface area contributed by atoms with Gasteiger partial charge in [-0.15, -0.1) is 0 Å². The minimum Gasteiger partial charge on any atom is -0.339 e. The number of nitrogens with zero attached hydrogens (tertiary/aromatic N) is 1. The number of benzene rings is 6. The molecule has 0 amide bonds. The van der Waals surface area contributed by atoms with E-state index in [0.717, 1.165) is 19.4 Å². The van der Waals surface area contributed by atoms with Gasteiger partial charge in [0.2, 0.25) is 0 Å². The molecule has 1 nitrogen and oxygen atoms in total. The van der Waals surface area contributed by atoms with Crippen LogP contribution < -0.4 is 0 Å². The van der Waals surface area contributed by atoms with Crippen molar-refractivity contribution in [2.75, 3.05) is 0 Å². The van der Waals surface area contributed by atoms with Crippen LogP contribution >= 0.6 is 0 Å². The third-order valence-corrected chi connectivity index (χ3v) is 8.17. The highest BCUT2D eigenvalue weighted by molar-refractivity contribution is 6.18. The Balaban J connectivity index is 1.67. The van der Waals surface area contributed by atoms with Crippen molar-refractivity contribution in [2.24, 2.45) is 0 Å². The summed E-state index contributed by atoms with van der Waals surface area (Å²) in [6, 6.07) is 53.0. The molecule has 0 atom stereocenters. The summed E-state index contributed by atoms with van der Waals surface area (Å²) < 4.78 is 2.61. The lowest BCUT2D eigenvalue weighted by molar-refractivity contribution is 0.665. The summed E-state index contributed by atoms with van der Waals surface area (Å²) in [6.07, 6.45) is 2.27. The zero-order valence-corrected chi connectivity index (χ0v) is 23.4. The van der Waals surface area contributed by atoms with E-state index in [0.29, 0.717) is 0 Å². The summed E-state index contributed by atoms with van der Waals surface area (Å²) >= 11 is 0. The number of rotatable bonds is 7. The first-order valence-corrected chi connectivity index (χ1v) is 14.7. The van der Waals surface area contributed by atoms with E-state index in [4.69, 9.17) is 0 Å². The molecule has 41 heavy (non-hydrogen) atoms. The van der Waals surface area contributed by atoms with E-state index in [-0.39, 0.29) is 0 Å². The van der Waals surface area contributed by atoms with Crippen LogP contribution in [0.15, 0.2) is 146 Å². The predicted octanol–water partition coefficient (Wildman–Crippen LogP) is 11.3. The van der Waals surface area contributed by atoms with Crippen molar-refractivity contribution in [3.8, 4) is 44.5 Å². The second kappa shape index (κ2) is 10.9. The van der Waals surface area contributed by atoms with E-state index in [1.807, 2.05) is 0 Å². The molecule has 0 unspecified atom stereocenters. The van der Waals surface area contributed by atoms with Gasteiger partial charge in [0.25, 0.3) is 0 Å². The molecule has 0 fully saturated rings. The number of aromatic nitrogens is 1. The number of hydrogen-bond acceptors (Lipinski definition) is 0. The van der Waals surface area contributed by atoms with Crippen molar-refractivity contribution in [1.82, 2.24) is 4.57 Å². The molecule has 1 heteroatoms. The summed E-state index contributed by atoms with van der Waals surface area (Å²) in [5, 5.41) is 2.62. The van der Waals surface area contributed by atoms with Crippen LogP contribution in [0.2, 0.25) is 0 Å². The van der Waals surface area contributed by atoms with Crippen LogP contribution in [0.5, 0.6) is 0 Å². The lowest BCUT2D eigenvalue weighted by Gasteiger charge is -2.15. The van der Waals surface area contributed by atoms with Crippen molar-refractivity contribution in [1.29, 1.82) is 0 Å². The molecular formula is C40H33N. The van der Waals surface area contributed by atoms with Gasteiger partial charge in [0.05, 0.1) is 11.0 Å². The Labute approximate surface area is 242 Å². The Bertz CT molecular complexity index is 1790.